The largest absolute Gasteiger partial charge is 0.467 e. The zero-order valence-electron chi connectivity index (χ0n) is 14.3. The summed E-state index contributed by atoms with van der Waals surface area (Å²) in [5.41, 5.74) is -1.52. The molecule has 0 saturated carbocycles. The Morgan fingerprint density at radius 2 is 1.62 bits per heavy atom. The van der Waals surface area contributed by atoms with Crippen molar-refractivity contribution in [2.24, 2.45) is 0 Å². The molecular formula is C15H29ClO4Si. The normalized spacial score (nSPS) is 15.4. The van der Waals surface area contributed by atoms with Crippen molar-refractivity contribution in [3.8, 4) is 0 Å². The molecule has 0 aliphatic rings. The van der Waals surface area contributed by atoms with E-state index < -0.39 is 19.9 Å². The second kappa shape index (κ2) is 7.74. The van der Waals surface area contributed by atoms with Crippen LogP contribution in [0.5, 0.6) is 0 Å². The van der Waals surface area contributed by atoms with E-state index in [1.54, 1.807) is 0 Å². The van der Waals surface area contributed by atoms with Crippen LogP contribution >= 0.6 is 11.6 Å². The number of rotatable bonds is 8. The summed E-state index contributed by atoms with van der Waals surface area (Å²) in [7, 11) is -0.998. The quantitative estimate of drug-likeness (QED) is 0.222. The van der Waals surface area contributed by atoms with Crippen LogP contribution in [0.4, 0.5) is 0 Å². The highest BCUT2D eigenvalue weighted by molar-refractivity contribution is 6.74. The minimum atomic E-state index is -2.28. The zero-order valence-corrected chi connectivity index (χ0v) is 16.1. The van der Waals surface area contributed by atoms with Gasteiger partial charge in [0.15, 0.2) is 14.1 Å². The zero-order chi connectivity index (χ0) is 16.9. The fourth-order valence-corrected chi connectivity index (χ4v) is 3.40. The number of carbonyl (C=O) groups is 2. The molecule has 0 fully saturated rings. The minimum Gasteiger partial charge on any atom is -0.467 e. The molecule has 0 N–H and O–H groups in total. The lowest BCUT2D eigenvalue weighted by molar-refractivity contribution is -0.164. The van der Waals surface area contributed by atoms with Crippen LogP contribution in [-0.2, 0) is 18.8 Å². The topological polar surface area (TPSA) is 52.6 Å². The first-order chi connectivity index (χ1) is 9.42. The Morgan fingerprint density at radius 1 is 1.10 bits per heavy atom. The van der Waals surface area contributed by atoms with Crippen LogP contribution in [0.1, 0.15) is 47.0 Å². The van der Waals surface area contributed by atoms with Crippen LogP contribution in [0, 0.1) is 0 Å². The van der Waals surface area contributed by atoms with Gasteiger partial charge in [-0.2, -0.15) is 0 Å². The van der Waals surface area contributed by atoms with Crippen LogP contribution in [0.2, 0.25) is 18.1 Å². The molecule has 6 heteroatoms. The molecule has 1 unspecified atom stereocenters. The van der Waals surface area contributed by atoms with Gasteiger partial charge in [-0.25, -0.2) is 4.79 Å². The van der Waals surface area contributed by atoms with Gasteiger partial charge in [-0.15, -0.1) is 11.6 Å². The molecule has 0 aromatic carbocycles. The summed E-state index contributed by atoms with van der Waals surface area (Å²) in [5.74, 6) is -0.349. The van der Waals surface area contributed by atoms with E-state index in [1.807, 2.05) is 13.1 Å². The Morgan fingerprint density at radius 3 is 2.00 bits per heavy atom. The molecule has 0 aliphatic heterocycles. The third-order valence-electron chi connectivity index (χ3n) is 4.16. The molecule has 0 saturated heterocycles. The van der Waals surface area contributed by atoms with Gasteiger partial charge in [-0.05, 0) is 37.9 Å². The maximum Gasteiger partial charge on any atom is 0.344 e. The van der Waals surface area contributed by atoms with E-state index in [4.69, 9.17) is 20.8 Å². The Hall–Kier alpha value is -0.393. The number of unbranched alkanes of at least 4 members (excludes halogenated alkanes) is 1. The molecule has 0 amide bonds. The third-order valence-corrected chi connectivity index (χ3v) is 8.96. The highest BCUT2D eigenvalue weighted by Crippen LogP contribution is 2.40. The summed E-state index contributed by atoms with van der Waals surface area (Å²) >= 11 is 5.63. The van der Waals surface area contributed by atoms with E-state index in [1.165, 1.54) is 14.0 Å². The molecule has 1 atom stereocenters. The third kappa shape index (κ3) is 5.38. The maximum atomic E-state index is 12.5. The van der Waals surface area contributed by atoms with Crippen LogP contribution in [-0.4, -0.2) is 38.7 Å². The Labute approximate surface area is 134 Å². The van der Waals surface area contributed by atoms with Crippen molar-refractivity contribution in [2.75, 3.05) is 13.0 Å². The standard InChI is InChI=1S/C15H29ClO4Si/c1-14(2,3)21(6,7)20-15(4,13(18)19-5)12(17)10-8-9-11-16/h8-11H2,1-7H3. The molecule has 4 nitrogen and oxygen atoms in total. The van der Waals surface area contributed by atoms with Gasteiger partial charge in [0.05, 0.1) is 7.11 Å². The molecular weight excluding hydrogens is 308 g/mol. The van der Waals surface area contributed by atoms with Crippen molar-refractivity contribution in [3.63, 3.8) is 0 Å². The van der Waals surface area contributed by atoms with Gasteiger partial charge in [-0.1, -0.05) is 20.8 Å². The predicted octanol–water partition coefficient (Wildman–Crippen LogP) is 3.92. The first-order valence-corrected chi connectivity index (χ1v) is 10.7. The summed E-state index contributed by atoms with van der Waals surface area (Å²) in [4.78, 5) is 24.6. The van der Waals surface area contributed by atoms with Crippen LogP contribution in [0.3, 0.4) is 0 Å². The number of hydrogen-bond acceptors (Lipinski definition) is 4. The van der Waals surface area contributed by atoms with E-state index in [9.17, 15) is 9.59 Å². The fourth-order valence-electron chi connectivity index (χ4n) is 1.69. The minimum absolute atomic E-state index is 0.0985. The lowest BCUT2D eigenvalue weighted by Gasteiger charge is -2.42. The van der Waals surface area contributed by atoms with Crippen molar-refractivity contribution < 1.29 is 18.8 Å². The highest BCUT2D eigenvalue weighted by atomic mass is 35.5. The highest BCUT2D eigenvalue weighted by Gasteiger charge is 2.50. The number of alkyl halides is 1. The molecule has 0 heterocycles. The number of ketones is 1. The van der Waals surface area contributed by atoms with E-state index in [-0.39, 0.29) is 17.2 Å². The smallest absolute Gasteiger partial charge is 0.344 e. The van der Waals surface area contributed by atoms with Crippen LogP contribution in [0.25, 0.3) is 0 Å². The summed E-state index contributed by atoms with van der Waals surface area (Å²) in [6, 6.07) is 0. The Kier molecular flexibility index (Phi) is 7.60. The molecule has 0 bridgehead atoms. The van der Waals surface area contributed by atoms with Crippen LogP contribution < -0.4 is 0 Å². The van der Waals surface area contributed by atoms with Gasteiger partial charge in [-0.3, -0.25) is 4.79 Å². The predicted molar refractivity (Wildman–Crippen MR) is 88.3 cm³/mol. The van der Waals surface area contributed by atoms with Gasteiger partial charge in [0.1, 0.15) is 0 Å². The van der Waals surface area contributed by atoms with Crippen molar-refractivity contribution in [2.45, 2.75) is 70.7 Å². The average Bonchev–Trinajstić information content (AvgIpc) is 2.35. The molecule has 124 valence electrons. The first kappa shape index (κ1) is 20.6. The summed E-state index contributed by atoms with van der Waals surface area (Å²) in [6.07, 6.45) is 1.66. The number of methoxy groups -OCH3 is 1. The second-order valence-electron chi connectivity index (χ2n) is 6.96. The Bertz CT molecular complexity index is 376. The summed E-state index contributed by atoms with van der Waals surface area (Å²) in [6.45, 7) is 11.8. The number of esters is 1. The fraction of sp³-hybridized carbons (Fsp3) is 0.867. The monoisotopic (exact) mass is 336 g/mol. The number of halogens is 1. The van der Waals surface area contributed by atoms with Crippen LogP contribution in [0.15, 0.2) is 0 Å². The number of hydrogen-bond donors (Lipinski definition) is 0. The van der Waals surface area contributed by atoms with E-state index >= 15 is 0 Å². The van der Waals surface area contributed by atoms with Gasteiger partial charge >= 0.3 is 5.97 Å². The van der Waals surface area contributed by atoms with Gasteiger partial charge < -0.3 is 9.16 Å². The van der Waals surface area contributed by atoms with Crippen molar-refractivity contribution in [1.82, 2.24) is 0 Å². The average molecular weight is 337 g/mol. The maximum absolute atomic E-state index is 12.5. The second-order valence-corrected chi connectivity index (χ2v) is 12.1. The van der Waals surface area contributed by atoms with Gasteiger partial charge in [0, 0.05) is 12.3 Å². The molecule has 0 spiro atoms. The lowest BCUT2D eigenvalue weighted by Crippen LogP contribution is -2.56. The first-order valence-electron chi connectivity index (χ1n) is 7.30. The van der Waals surface area contributed by atoms with E-state index in [0.717, 1.165) is 6.42 Å². The molecule has 0 aromatic heterocycles. The molecule has 0 aromatic rings. The molecule has 21 heavy (non-hydrogen) atoms. The SMILES string of the molecule is COC(=O)C(C)(O[Si](C)(C)C(C)(C)C)C(=O)CCCCCl. The number of carbonyl (C=O) groups excluding carboxylic acids is 2. The van der Waals surface area contributed by atoms with Crippen molar-refractivity contribution in [3.05, 3.63) is 0 Å². The van der Waals surface area contributed by atoms with E-state index in [2.05, 4.69) is 20.8 Å². The lowest BCUT2D eigenvalue weighted by atomic mass is 9.97. The number of Topliss-reactive ketones (excluding diaryl/α,β-unsaturated/α-hetero) is 1. The van der Waals surface area contributed by atoms with Crippen molar-refractivity contribution in [1.29, 1.82) is 0 Å². The number of ether oxygens (including phenoxy) is 1. The molecule has 0 rings (SSSR count). The van der Waals surface area contributed by atoms with Gasteiger partial charge in [0.25, 0.3) is 0 Å². The summed E-state index contributed by atoms with van der Waals surface area (Å²) < 4.78 is 10.9. The van der Waals surface area contributed by atoms with Crippen molar-refractivity contribution >= 4 is 31.7 Å². The van der Waals surface area contributed by atoms with E-state index in [0.29, 0.717) is 12.3 Å². The summed E-state index contributed by atoms with van der Waals surface area (Å²) in [5, 5.41) is -0.0985. The molecule has 0 aliphatic carbocycles. The van der Waals surface area contributed by atoms with Gasteiger partial charge in [0.2, 0.25) is 5.60 Å². The Balaban J connectivity index is 5.28. The molecule has 0 radical (unpaired) electrons.